The number of para-hydroxylation sites is 1. The number of amides is 2. The van der Waals surface area contributed by atoms with Gasteiger partial charge in [0.05, 0.1) is 32.3 Å². The summed E-state index contributed by atoms with van der Waals surface area (Å²) >= 11 is 0. The van der Waals surface area contributed by atoms with Crippen LogP contribution in [-0.4, -0.2) is 78.6 Å². The number of carbonyl (C=O) groups excluding carboxylic acids is 2. The molecule has 7 heteroatoms. The van der Waals surface area contributed by atoms with Crippen molar-refractivity contribution >= 4 is 22.7 Å². The second-order valence-electron chi connectivity index (χ2n) is 10.1. The van der Waals surface area contributed by atoms with E-state index in [-0.39, 0.29) is 24.4 Å². The largest absolute Gasteiger partial charge is 0.370 e. The van der Waals surface area contributed by atoms with Crippen LogP contribution in [0.1, 0.15) is 34.8 Å². The third-order valence-corrected chi connectivity index (χ3v) is 7.98. The normalized spacial score (nSPS) is 23.0. The molecule has 1 aromatic heterocycles. The molecule has 2 N–H and O–H groups in total. The Kier molecular flexibility index (Phi) is 5.82. The molecule has 0 aliphatic carbocycles. The maximum absolute atomic E-state index is 13.8. The highest BCUT2D eigenvalue weighted by molar-refractivity contribution is 5.97. The summed E-state index contributed by atoms with van der Waals surface area (Å²) in [4.78, 5) is 36.3. The molecule has 182 valence electrons. The summed E-state index contributed by atoms with van der Waals surface area (Å²) < 4.78 is 5.46. The fraction of sp³-hybridized carbons (Fsp3) is 0.429. The number of hydrogen-bond acceptors (Lipinski definition) is 3. The summed E-state index contributed by atoms with van der Waals surface area (Å²) in [5, 5.41) is 1.15. The van der Waals surface area contributed by atoms with E-state index >= 15 is 0 Å². The number of fused-ring (bicyclic) bond motifs is 4. The van der Waals surface area contributed by atoms with Crippen molar-refractivity contribution in [3.63, 3.8) is 0 Å². The number of morpholine rings is 1. The minimum atomic E-state index is -0.469. The van der Waals surface area contributed by atoms with Crippen molar-refractivity contribution in [1.82, 2.24) is 14.8 Å². The molecule has 0 spiro atoms. The predicted octanol–water partition coefficient (Wildman–Crippen LogP) is 1.47. The quantitative estimate of drug-likeness (QED) is 0.590. The molecule has 35 heavy (non-hydrogen) atoms. The molecule has 2 aromatic carbocycles. The molecule has 0 saturated carbocycles. The fourth-order valence-corrected chi connectivity index (χ4v) is 6.16. The monoisotopic (exact) mass is 473 g/mol. The Bertz CT molecular complexity index is 1260. The number of aromatic nitrogens is 1. The van der Waals surface area contributed by atoms with Gasteiger partial charge in [-0.2, -0.15) is 0 Å². The molecule has 3 aliphatic rings. The fourth-order valence-electron chi connectivity index (χ4n) is 6.16. The third-order valence-electron chi connectivity index (χ3n) is 7.98. The molecule has 3 aromatic rings. The van der Waals surface area contributed by atoms with Crippen molar-refractivity contribution < 1.29 is 19.2 Å². The van der Waals surface area contributed by atoms with Crippen LogP contribution in [-0.2, 0) is 20.7 Å². The number of hydrogen-bond donors (Lipinski definition) is 2. The van der Waals surface area contributed by atoms with E-state index in [9.17, 15) is 9.59 Å². The lowest BCUT2D eigenvalue weighted by Gasteiger charge is -2.47. The molecule has 2 saturated heterocycles. The number of carbonyl (C=O) groups is 2. The lowest BCUT2D eigenvalue weighted by molar-refractivity contribution is -0.908. The molecule has 6 rings (SSSR count). The highest BCUT2D eigenvalue weighted by Crippen LogP contribution is 2.43. The van der Waals surface area contributed by atoms with Gasteiger partial charge < -0.3 is 24.4 Å². The van der Waals surface area contributed by atoms with Gasteiger partial charge in [0.15, 0.2) is 0 Å². The van der Waals surface area contributed by atoms with E-state index < -0.39 is 6.04 Å². The van der Waals surface area contributed by atoms with E-state index in [2.05, 4.69) is 36.2 Å². The van der Waals surface area contributed by atoms with Crippen LogP contribution >= 0.6 is 0 Å². The first kappa shape index (κ1) is 22.3. The minimum Gasteiger partial charge on any atom is -0.370 e. The van der Waals surface area contributed by atoms with Crippen molar-refractivity contribution in [2.75, 3.05) is 45.9 Å². The number of aromatic amines is 1. The highest BCUT2D eigenvalue weighted by Gasteiger charge is 2.48. The molecular formula is C28H33N4O3+. The molecule has 3 aliphatic heterocycles. The first-order valence-corrected chi connectivity index (χ1v) is 12.8. The summed E-state index contributed by atoms with van der Waals surface area (Å²) in [5.41, 5.74) is 5.47. The van der Waals surface area contributed by atoms with E-state index in [0.29, 0.717) is 13.0 Å². The topological polar surface area (TPSA) is 70.1 Å². The molecule has 0 bridgehead atoms. The Labute approximate surface area is 205 Å². The van der Waals surface area contributed by atoms with E-state index in [1.807, 2.05) is 29.2 Å². The van der Waals surface area contributed by atoms with Gasteiger partial charge in [-0.15, -0.1) is 0 Å². The number of benzene rings is 2. The summed E-state index contributed by atoms with van der Waals surface area (Å²) in [5.74, 6) is 0.113. The predicted molar refractivity (Wildman–Crippen MR) is 133 cm³/mol. The maximum atomic E-state index is 13.8. The van der Waals surface area contributed by atoms with Crippen LogP contribution in [0.15, 0.2) is 48.5 Å². The molecule has 7 nitrogen and oxygen atoms in total. The van der Waals surface area contributed by atoms with E-state index in [4.69, 9.17) is 4.74 Å². The van der Waals surface area contributed by atoms with Gasteiger partial charge in [-0.1, -0.05) is 42.5 Å². The molecule has 0 radical (unpaired) electrons. The number of piperazine rings is 1. The zero-order valence-corrected chi connectivity index (χ0v) is 20.3. The van der Waals surface area contributed by atoms with Gasteiger partial charge in [-0.3, -0.25) is 9.59 Å². The number of rotatable bonds is 5. The number of nitrogens with zero attached hydrogens (tertiary/aromatic N) is 2. The third kappa shape index (κ3) is 3.93. The van der Waals surface area contributed by atoms with Gasteiger partial charge in [0.25, 0.3) is 0 Å². The zero-order valence-electron chi connectivity index (χ0n) is 20.3. The van der Waals surface area contributed by atoms with Crippen molar-refractivity contribution in [2.45, 2.75) is 31.8 Å². The van der Waals surface area contributed by atoms with Crippen molar-refractivity contribution in [3.05, 3.63) is 70.9 Å². The lowest BCUT2D eigenvalue weighted by atomic mass is 9.85. The summed E-state index contributed by atoms with van der Waals surface area (Å²) in [7, 11) is 0. The van der Waals surface area contributed by atoms with Crippen LogP contribution in [0.2, 0.25) is 0 Å². The van der Waals surface area contributed by atoms with Crippen LogP contribution < -0.4 is 4.90 Å². The van der Waals surface area contributed by atoms with Gasteiger partial charge in [0.1, 0.15) is 19.1 Å². The van der Waals surface area contributed by atoms with Gasteiger partial charge in [0.2, 0.25) is 11.8 Å². The van der Waals surface area contributed by atoms with Gasteiger partial charge in [0, 0.05) is 36.0 Å². The number of quaternary nitrogens is 1. The number of aryl methyl sites for hydroxylation is 1. The number of nitrogens with one attached hydrogen (secondary N) is 2. The molecule has 2 fully saturated rings. The first-order valence-electron chi connectivity index (χ1n) is 12.8. The average Bonchev–Trinajstić information content (AvgIpc) is 3.25. The maximum Gasteiger partial charge on any atom is 0.246 e. The summed E-state index contributed by atoms with van der Waals surface area (Å²) in [6.45, 7) is 7.53. The summed E-state index contributed by atoms with van der Waals surface area (Å²) in [6, 6.07) is 15.7. The van der Waals surface area contributed by atoms with E-state index in [1.54, 1.807) is 4.90 Å². The Morgan fingerprint density at radius 2 is 1.83 bits per heavy atom. The van der Waals surface area contributed by atoms with E-state index in [0.717, 1.165) is 72.6 Å². The first-order chi connectivity index (χ1) is 17.1. The van der Waals surface area contributed by atoms with Crippen molar-refractivity contribution in [3.8, 4) is 0 Å². The Morgan fingerprint density at radius 3 is 2.66 bits per heavy atom. The van der Waals surface area contributed by atoms with Crippen molar-refractivity contribution in [1.29, 1.82) is 0 Å². The van der Waals surface area contributed by atoms with Gasteiger partial charge in [-0.25, -0.2) is 0 Å². The van der Waals surface area contributed by atoms with Crippen molar-refractivity contribution in [2.24, 2.45) is 0 Å². The Balaban J connectivity index is 1.33. The Morgan fingerprint density at radius 1 is 1.06 bits per heavy atom. The molecule has 0 unspecified atom stereocenters. The van der Waals surface area contributed by atoms with Crippen LogP contribution in [0.3, 0.4) is 0 Å². The standard InChI is InChI=1S/C28H32N4O3/c1-19-7-2-3-8-20(19)27-26-22(21-9-4-5-10-23(21)29-26)17-24-28(34)31(18-25(33)32(24)27)12-6-11-30-13-15-35-16-14-30/h2-5,7-10,24,27,29H,6,11-18H2,1H3/p+1/t24-,27-/m0/s1. The highest BCUT2D eigenvalue weighted by atomic mass is 16.5. The zero-order chi connectivity index (χ0) is 23.9. The van der Waals surface area contributed by atoms with E-state index in [1.165, 1.54) is 4.90 Å². The Hall–Kier alpha value is -3.16. The van der Waals surface area contributed by atoms with Crippen LogP contribution in [0.25, 0.3) is 10.9 Å². The lowest BCUT2D eigenvalue weighted by Crippen LogP contribution is -3.14. The molecule has 4 heterocycles. The second-order valence-corrected chi connectivity index (χ2v) is 10.1. The SMILES string of the molecule is Cc1ccccc1[C@H]1c2[nH]c3ccccc3c2C[C@H]2C(=O)N(CCC[NH+]3CCOCC3)CC(=O)N12. The second kappa shape index (κ2) is 9.13. The number of ether oxygens (including phenoxy) is 1. The van der Waals surface area contributed by atoms with Gasteiger partial charge in [-0.05, 0) is 29.7 Å². The average molecular weight is 474 g/mol. The molecule has 2 atom stereocenters. The van der Waals surface area contributed by atoms with Gasteiger partial charge >= 0.3 is 0 Å². The van der Waals surface area contributed by atoms with Crippen LogP contribution in [0.5, 0.6) is 0 Å². The molecular weight excluding hydrogens is 440 g/mol. The smallest absolute Gasteiger partial charge is 0.246 e. The molecule has 2 amide bonds. The number of H-pyrrole nitrogens is 1. The summed E-state index contributed by atoms with van der Waals surface area (Å²) in [6.07, 6.45) is 1.46. The van der Waals surface area contributed by atoms with Crippen LogP contribution in [0, 0.1) is 6.92 Å². The van der Waals surface area contributed by atoms with Crippen LogP contribution in [0.4, 0.5) is 0 Å². The minimum absolute atomic E-state index is 0.0332.